The van der Waals surface area contributed by atoms with Crippen LogP contribution < -0.4 is 21.3 Å². The molecule has 1 aromatic carbocycles. The van der Waals surface area contributed by atoms with Crippen LogP contribution >= 0.6 is 11.3 Å². The topological polar surface area (TPSA) is 199 Å². The number of nitrogens with zero attached hydrogens (tertiary/aromatic N) is 9. The van der Waals surface area contributed by atoms with Gasteiger partial charge >= 0.3 is 0 Å². The van der Waals surface area contributed by atoms with Gasteiger partial charge in [-0.15, -0.1) is 11.3 Å². The summed E-state index contributed by atoms with van der Waals surface area (Å²) in [4.78, 5) is 70.3. The van der Waals surface area contributed by atoms with Gasteiger partial charge in [0.05, 0.1) is 52.7 Å². The van der Waals surface area contributed by atoms with Crippen LogP contribution in [0, 0.1) is 22.7 Å². The van der Waals surface area contributed by atoms with E-state index in [0.29, 0.717) is 44.2 Å². The summed E-state index contributed by atoms with van der Waals surface area (Å²) >= 11 is 1.47. The SMILES string of the molecule is CCn1c(-c2cc(N3CCN(C)CC3)cnc2[C@H](C)OC)c(CC(C)(C)COO)c2cc(-c3csc(C[C@H](NC(=O)[C@H](C(C)C)N(C)COCN4CC5(CC(N(C)C(=O)[C@H]6[C@@H](C7CC7)N6C)C5)C4)C(=O)NCCC[C@@H](C)N)n3)ccc21. The van der Waals surface area contributed by atoms with Crippen LogP contribution in [0.25, 0.3) is 33.4 Å². The van der Waals surface area contributed by atoms with Crippen molar-refractivity contribution in [2.75, 3.05) is 106 Å². The molecule has 3 aromatic heterocycles. The number of methoxy groups -OCH3 is 1. The normalized spacial score (nSPS) is 22.0. The van der Waals surface area contributed by atoms with Gasteiger partial charge in [-0.3, -0.25) is 39.3 Å². The van der Waals surface area contributed by atoms with Crippen LogP contribution in [0.3, 0.4) is 0 Å². The summed E-state index contributed by atoms with van der Waals surface area (Å²) in [7, 11) is 9.86. The summed E-state index contributed by atoms with van der Waals surface area (Å²) in [5, 5.41) is 19.8. The molecule has 4 aromatic rings. The Morgan fingerprint density at radius 2 is 1.75 bits per heavy atom. The average molecular weight is 1140 g/mol. The second kappa shape index (κ2) is 25.7. The molecule has 5 aliphatic rings. The molecule has 3 saturated heterocycles. The van der Waals surface area contributed by atoms with E-state index in [1.165, 1.54) is 24.2 Å². The molecule has 2 saturated carbocycles. The van der Waals surface area contributed by atoms with Gasteiger partial charge in [-0.2, -0.15) is 0 Å². The maximum atomic E-state index is 14.5. The number of carbonyl (C=O) groups excluding carboxylic acids is 3. The predicted octanol–water partition coefficient (Wildman–Crippen LogP) is 6.54. The molecule has 20 heteroatoms. The van der Waals surface area contributed by atoms with Gasteiger partial charge in [0.1, 0.15) is 25.5 Å². The smallest absolute Gasteiger partial charge is 0.243 e. The van der Waals surface area contributed by atoms with Gasteiger partial charge < -0.3 is 45.1 Å². The van der Waals surface area contributed by atoms with Crippen LogP contribution in [0.4, 0.5) is 5.69 Å². The number of ether oxygens (including phenoxy) is 2. The number of amides is 3. The first kappa shape index (κ1) is 61.0. The highest BCUT2D eigenvalue weighted by Crippen LogP contribution is 2.52. The van der Waals surface area contributed by atoms with Crippen molar-refractivity contribution < 1.29 is 34.0 Å². The predicted molar refractivity (Wildman–Crippen MR) is 320 cm³/mol. The number of benzene rings is 1. The first-order valence-corrected chi connectivity index (χ1v) is 30.7. The maximum absolute atomic E-state index is 14.5. The van der Waals surface area contributed by atoms with Gasteiger partial charge in [0.15, 0.2) is 0 Å². The van der Waals surface area contributed by atoms with Crippen molar-refractivity contribution in [1.82, 2.24) is 49.7 Å². The minimum atomic E-state index is -0.879. The number of fused-ring (bicyclic) bond motifs is 1. The number of pyridine rings is 1. The second-order valence-electron chi connectivity index (χ2n) is 25.9. The zero-order valence-corrected chi connectivity index (χ0v) is 51.3. The molecule has 6 heterocycles. The zero-order valence-electron chi connectivity index (χ0n) is 50.5. The number of likely N-dealkylation sites (N-methyl/N-ethyl adjacent to an activating group) is 4. The molecule has 19 nitrogen and oxygen atoms in total. The summed E-state index contributed by atoms with van der Waals surface area (Å²) in [6.45, 7) is 22.0. The Morgan fingerprint density at radius 3 is 2.41 bits per heavy atom. The van der Waals surface area contributed by atoms with Crippen molar-refractivity contribution in [2.24, 2.45) is 28.4 Å². The van der Waals surface area contributed by atoms with E-state index in [2.05, 4.69) is 93.9 Å². The van der Waals surface area contributed by atoms with E-state index in [-0.39, 0.29) is 67.0 Å². The summed E-state index contributed by atoms with van der Waals surface area (Å²) in [5.41, 5.74) is 13.7. The van der Waals surface area contributed by atoms with Crippen LogP contribution in [-0.2, 0) is 48.1 Å². The number of piperazine rings is 1. The average Bonchev–Trinajstić information content (AvgIpc) is 4.46. The van der Waals surface area contributed by atoms with E-state index < -0.39 is 17.5 Å². The fourth-order valence-corrected chi connectivity index (χ4v) is 14.2. The Bertz CT molecular complexity index is 2810. The number of anilines is 1. The van der Waals surface area contributed by atoms with Crippen molar-refractivity contribution >= 4 is 45.6 Å². The Hall–Kier alpha value is -4.61. The maximum Gasteiger partial charge on any atom is 0.243 e. The van der Waals surface area contributed by atoms with Crippen molar-refractivity contribution in [2.45, 2.75) is 149 Å². The lowest BCUT2D eigenvalue weighted by atomic mass is 9.60. The first-order chi connectivity index (χ1) is 38.6. The Morgan fingerprint density at radius 1 is 1.02 bits per heavy atom. The lowest BCUT2D eigenvalue weighted by molar-refractivity contribution is -0.259. The van der Waals surface area contributed by atoms with Crippen LogP contribution in [0.15, 0.2) is 35.8 Å². The molecule has 0 radical (unpaired) electrons. The number of thiazole rings is 1. The number of nitrogens with one attached hydrogen (secondary N) is 2. The zero-order chi connectivity index (χ0) is 58.1. The third kappa shape index (κ3) is 13.8. The highest BCUT2D eigenvalue weighted by Gasteiger charge is 2.60. The van der Waals surface area contributed by atoms with Gasteiger partial charge in [-0.25, -0.2) is 9.87 Å². The Kier molecular flexibility index (Phi) is 19.3. The number of likely N-dealkylation sites (tertiary alicyclic amines) is 1. The molecular weight excluding hydrogens is 1040 g/mol. The van der Waals surface area contributed by atoms with Gasteiger partial charge in [0.25, 0.3) is 0 Å². The van der Waals surface area contributed by atoms with Gasteiger partial charge in [0.2, 0.25) is 17.7 Å². The van der Waals surface area contributed by atoms with Crippen LogP contribution in [0.5, 0.6) is 0 Å². The fourth-order valence-electron chi connectivity index (χ4n) is 13.3. The Labute approximate surface area is 485 Å². The van der Waals surface area contributed by atoms with Gasteiger partial charge in [-0.05, 0) is 133 Å². The lowest BCUT2D eigenvalue weighted by Gasteiger charge is -2.60. The molecular formula is C61H94N12O7S. The van der Waals surface area contributed by atoms with Crippen molar-refractivity contribution in [3.05, 3.63) is 52.1 Å². The van der Waals surface area contributed by atoms with E-state index in [9.17, 15) is 19.6 Å². The highest BCUT2D eigenvalue weighted by molar-refractivity contribution is 7.10. The molecule has 3 aliphatic heterocycles. The van der Waals surface area contributed by atoms with Crippen LogP contribution in [-0.4, -0.2) is 199 Å². The van der Waals surface area contributed by atoms with E-state index in [4.69, 9.17) is 30.1 Å². The van der Waals surface area contributed by atoms with Crippen molar-refractivity contribution in [3.8, 4) is 22.5 Å². The van der Waals surface area contributed by atoms with E-state index in [1.807, 2.05) is 63.2 Å². The summed E-state index contributed by atoms with van der Waals surface area (Å²) in [6.07, 6.45) is 8.57. The van der Waals surface area contributed by atoms with E-state index >= 15 is 0 Å². The number of hydrogen-bond donors (Lipinski definition) is 4. The van der Waals surface area contributed by atoms with Gasteiger partial charge in [0, 0.05) is 118 Å². The Balaban J connectivity index is 0.896. The molecule has 9 rings (SSSR count). The molecule has 5 fully saturated rings. The molecule has 7 atom stereocenters. The molecule has 3 amide bonds. The molecule has 446 valence electrons. The number of rotatable bonds is 28. The molecule has 1 unspecified atom stereocenters. The van der Waals surface area contributed by atoms with E-state index in [0.717, 1.165) is 120 Å². The number of hydrogen-bond acceptors (Lipinski definition) is 16. The number of carbonyl (C=O) groups is 3. The highest BCUT2D eigenvalue weighted by atomic mass is 32.1. The monoisotopic (exact) mass is 1140 g/mol. The molecule has 2 aliphatic carbocycles. The number of nitrogens with two attached hydrogens (primary N) is 1. The lowest BCUT2D eigenvalue weighted by Crippen LogP contribution is -2.67. The first-order valence-electron chi connectivity index (χ1n) is 29.8. The van der Waals surface area contributed by atoms with Gasteiger partial charge in [-0.1, -0.05) is 33.8 Å². The largest absolute Gasteiger partial charge is 0.375 e. The third-order valence-corrected chi connectivity index (χ3v) is 19.0. The number of aromatic nitrogens is 3. The third-order valence-electron chi connectivity index (χ3n) is 18.2. The summed E-state index contributed by atoms with van der Waals surface area (Å²) < 4.78 is 14.6. The number of aryl methyl sites for hydroxylation is 1. The molecule has 0 bridgehead atoms. The van der Waals surface area contributed by atoms with Crippen molar-refractivity contribution in [1.29, 1.82) is 0 Å². The fraction of sp³-hybridized carbons (Fsp3) is 0.689. The minimum Gasteiger partial charge on any atom is -0.375 e. The van der Waals surface area contributed by atoms with E-state index in [1.54, 1.807) is 7.11 Å². The van der Waals surface area contributed by atoms with Crippen molar-refractivity contribution in [3.63, 3.8) is 0 Å². The summed E-state index contributed by atoms with van der Waals surface area (Å²) in [6, 6.07) is 8.17. The second-order valence-corrected chi connectivity index (χ2v) is 26.8. The standard InChI is InChI=1S/C61H94N12O7S/c1-13-73-50-19-18-42(25-45(50)47(30-60(6,7)35-80-77)55(73)46-26-43(31-64-52(46)40(5)78-12)72-23-21-67(8)22-24-72)49-32-81-51(65-49)27-48(57(74)63-20-14-15-39(4)62)66-58(75)53(38(2)3)68(9)36-79-37-71-33-61(34-71)28-44(29-61)69(10)59(76)56-54(70(56)11)41-16-17-41/h18-19,25-26,31-32,38-41,44,48,53-54,56,77H,13-17,20-24,27-30,33-37,62H2,1-12H3,(H,63,74)(H,66,75)/t39-,40+,48+,53+,54-,56-,70?/m1/s1. The molecule has 5 N–H and O–H groups in total. The van der Waals surface area contributed by atoms with Crippen LogP contribution in [0.1, 0.15) is 109 Å². The van der Waals surface area contributed by atoms with Crippen LogP contribution in [0.2, 0.25) is 0 Å². The molecule has 1 spiro atoms. The quantitative estimate of drug-likeness (QED) is 0.0157. The molecule has 81 heavy (non-hydrogen) atoms. The summed E-state index contributed by atoms with van der Waals surface area (Å²) in [5.74, 6) is 0.406. The minimum absolute atomic E-state index is 0.0113.